The highest BCUT2D eigenvalue weighted by molar-refractivity contribution is 7.99. The van der Waals surface area contributed by atoms with Crippen molar-refractivity contribution in [2.24, 2.45) is 7.05 Å². The van der Waals surface area contributed by atoms with Gasteiger partial charge in [0.05, 0.1) is 11.4 Å². The van der Waals surface area contributed by atoms with Gasteiger partial charge in [-0.1, -0.05) is 56.5 Å². The van der Waals surface area contributed by atoms with E-state index in [1.807, 2.05) is 18.5 Å². The van der Waals surface area contributed by atoms with Crippen LogP contribution < -0.4 is 5.32 Å². The molecule has 6 nitrogen and oxygen atoms in total. The van der Waals surface area contributed by atoms with Crippen molar-refractivity contribution < 1.29 is 4.79 Å². The van der Waals surface area contributed by atoms with Crippen LogP contribution in [0.3, 0.4) is 0 Å². The molecule has 0 fully saturated rings. The summed E-state index contributed by atoms with van der Waals surface area (Å²) in [4.78, 5) is 18.3. The van der Waals surface area contributed by atoms with E-state index in [1.54, 1.807) is 0 Å². The number of thiazole rings is 1. The highest BCUT2D eigenvalue weighted by Crippen LogP contribution is 2.31. The van der Waals surface area contributed by atoms with Gasteiger partial charge in [-0.2, -0.15) is 0 Å². The van der Waals surface area contributed by atoms with E-state index >= 15 is 0 Å². The summed E-state index contributed by atoms with van der Waals surface area (Å²) in [5, 5.41) is 12.9. The molecular weight excluding hydrogens is 438 g/mol. The van der Waals surface area contributed by atoms with E-state index in [2.05, 4.69) is 59.5 Å². The van der Waals surface area contributed by atoms with Gasteiger partial charge in [-0.25, -0.2) is 4.98 Å². The number of carbonyl (C=O) groups excluding carboxylic acids is 1. The van der Waals surface area contributed by atoms with Gasteiger partial charge in [0.2, 0.25) is 5.91 Å². The van der Waals surface area contributed by atoms with Gasteiger partial charge >= 0.3 is 0 Å². The first-order valence-corrected chi connectivity index (χ1v) is 13.0. The summed E-state index contributed by atoms with van der Waals surface area (Å²) >= 11 is 2.91. The van der Waals surface area contributed by atoms with Crippen molar-refractivity contribution in [2.45, 2.75) is 71.4 Å². The van der Waals surface area contributed by atoms with E-state index in [4.69, 9.17) is 0 Å². The molecule has 0 radical (unpaired) electrons. The van der Waals surface area contributed by atoms with Crippen LogP contribution in [0, 0.1) is 20.8 Å². The predicted molar refractivity (Wildman–Crippen MR) is 135 cm³/mol. The lowest BCUT2D eigenvalue weighted by molar-refractivity contribution is -0.113. The average molecular weight is 472 g/mol. The summed E-state index contributed by atoms with van der Waals surface area (Å²) in [6, 6.07) is 6.34. The zero-order valence-electron chi connectivity index (χ0n) is 19.7. The summed E-state index contributed by atoms with van der Waals surface area (Å²) in [5.74, 6) is 1.18. The maximum absolute atomic E-state index is 12.5. The second kappa shape index (κ2) is 11.6. The Balaban J connectivity index is 1.53. The van der Waals surface area contributed by atoms with Gasteiger partial charge in [0.25, 0.3) is 0 Å². The van der Waals surface area contributed by atoms with Crippen LogP contribution in [0.25, 0.3) is 11.3 Å². The van der Waals surface area contributed by atoms with Crippen LogP contribution in [0.5, 0.6) is 0 Å². The Kier molecular flexibility index (Phi) is 8.87. The number of benzene rings is 1. The van der Waals surface area contributed by atoms with Gasteiger partial charge in [0.15, 0.2) is 10.3 Å². The molecule has 2 aromatic heterocycles. The Morgan fingerprint density at radius 2 is 1.88 bits per heavy atom. The minimum absolute atomic E-state index is 0.0838. The van der Waals surface area contributed by atoms with E-state index in [0.29, 0.717) is 5.13 Å². The molecule has 0 atom stereocenters. The Morgan fingerprint density at radius 1 is 1.09 bits per heavy atom. The maximum atomic E-state index is 12.5. The third-order valence-corrected chi connectivity index (χ3v) is 7.49. The van der Waals surface area contributed by atoms with E-state index in [1.165, 1.54) is 59.9 Å². The number of nitrogens with one attached hydrogen (secondary N) is 1. The Morgan fingerprint density at radius 3 is 2.62 bits per heavy atom. The Bertz CT molecular complexity index is 1060. The number of aryl methyl sites for hydroxylation is 4. The van der Waals surface area contributed by atoms with Gasteiger partial charge in [0.1, 0.15) is 5.82 Å². The molecule has 172 valence electrons. The van der Waals surface area contributed by atoms with Gasteiger partial charge in [0, 0.05) is 23.9 Å². The highest BCUT2D eigenvalue weighted by atomic mass is 32.2. The van der Waals surface area contributed by atoms with Gasteiger partial charge in [-0.3, -0.25) is 4.79 Å². The summed E-state index contributed by atoms with van der Waals surface area (Å²) in [5.41, 5.74) is 4.51. The third kappa shape index (κ3) is 6.42. The van der Waals surface area contributed by atoms with Crippen molar-refractivity contribution in [1.82, 2.24) is 19.7 Å². The second-order valence-corrected chi connectivity index (χ2v) is 10.3. The molecule has 0 saturated carbocycles. The average Bonchev–Trinajstić information content (AvgIpc) is 3.30. The number of rotatable bonds is 11. The smallest absolute Gasteiger partial charge is 0.236 e. The molecule has 3 aromatic rings. The van der Waals surface area contributed by atoms with Crippen LogP contribution in [-0.2, 0) is 18.3 Å². The molecule has 32 heavy (non-hydrogen) atoms. The van der Waals surface area contributed by atoms with E-state index in [0.717, 1.165) is 40.0 Å². The van der Waals surface area contributed by atoms with Crippen molar-refractivity contribution in [1.29, 1.82) is 0 Å². The molecule has 0 aliphatic heterocycles. The van der Waals surface area contributed by atoms with Crippen molar-refractivity contribution in [2.75, 3.05) is 11.1 Å². The minimum atomic E-state index is -0.0838. The number of carbonyl (C=O) groups is 1. The third-order valence-electron chi connectivity index (χ3n) is 5.58. The molecule has 0 bridgehead atoms. The Hall–Kier alpha value is -2.19. The summed E-state index contributed by atoms with van der Waals surface area (Å²) < 4.78 is 2.00. The van der Waals surface area contributed by atoms with Crippen molar-refractivity contribution in [3.63, 3.8) is 0 Å². The Labute approximate surface area is 199 Å². The maximum Gasteiger partial charge on any atom is 0.236 e. The van der Waals surface area contributed by atoms with Gasteiger partial charge < -0.3 is 9.88 Å². The molecular formula is C24H33N5OS2. The molecule has 0 aliphatic carbocycles. The van der Waals surface area contributed by atoms with E-state index in [-0.39, 0.29) is 11.7 Å². The van der Waals surface area contributed by atoms with Crippen LogP contribution in [0.15, 0.2) is 23.4 Å². The minimum Gasteiger partial charge on any atom is -0.309 e. The van der Waals surface area contributed by atoms with Crippen LogP contribution in [0.2, 0.25) is 0 Å². The number of amides is 1. The predicted octanol–water partition coefficient (Wildman–Crippen LogP) is 6.11. The molecule has 1 amide bonds. The molecule has 0 aliphatic rings. The lowest BCUT2D eigenvalue weighted by Crippen LogP contribution is -2.14. The molecule has 3 rings (SSSR count). The van der Waals surface area contributed by atoms with Crippen molar-refractivity contribution in [3.05, 3.63) is 40.0 Å². The number of aromatic nitrogens is 4. The van der Waals surface area contributed by atoms with Crippen LogP contribution in [-0.4, -0.2) is 31.4 Å². The first-order valence-electron chi connectivity index (χ1n) is 11.2. The number of anilines is 1. The number of nitrogens with zero attached hydrogens (tertiary/aromatic N) is 4. The fourth-order valence-corrected chi connectivity index (χ4v) is 5.05. The topological polar surface area (TPSA) is 72.7 Å². The monoisotopic (exact) mass is 471 g/mol. The zero-order valence-corrected chi connectivity index (χ0v) is 21.3. The fourth-order valence-electron chi connectivity index (χ4n) is 3.47. The molecule has 1 N–H and O–H groups in total. The number of hydrogen-bond acceptors (Lipinski definition) is 6. The number of hydrogen-bond donors (Lipinski definition) is 1. The first kappa shape index (κ1) is 24.5. The number of unbranched alkanes of at least 4 members (excludes halogenated alkanes) is 4. The van der Waals surface area contributed by atoms with Gasteiger partial charge in [-0.15, -0.1) is 21.5 Å². The normalized spacial score (nSPS) is 11.2. The fraction of sp³-hybridized carbons (Fsp3) is 0.500. The van der Waals surface area contributed by atoms with Crippen LogP contribution >= 0.6 is 23.1 Å². The van der Waals surface area contributed by atoms with Gasteiger partial charge in [-0.05, 0) is 44.4 Å². The lowest BCUT2D eigenvalue weighted by atomic mass is 10.0. The molecule has 0 spiro atoms. The number of thioether (sulfide) groups is 1. The second-order valence-electron chi connectivity index (χ2n) is 8.18. The first-order chi connectivity index (χ1) is 15.4. The summed E-state index contributed by atoms with van der Waals surface area (Å²) in [7, 11) is 1.97. The SMILES string of the molecule is CCCCCCCc1nnc(SCC(=O)Nc2nc(-c3ccc(C)c(C)c3)c(C)s2)n1C. The molecule has 0 unspecified atom stereocenters. The van der Waals surface area contributed by atoms with Crippen molar-refractivity contribution >= 4 is 34.1 Å². The molecule has 2 heterocycles. The molecule has 1 aromatic carbocycles. The summed E-state index contributed by atoms with van der Waals surface area (Å²) in [6.07, 6.45) is 7.10. The lowest BCUT2D eigenvalue weighted by Gasteiger charge is -2.04. The zero-order chi connectivity index (χ0) is 23.1. The van der Waals surface area contributed by atoms with Crippen molar-refractivity contribution in [3.8, 4) is 11.3 Å². The largest absolute Gasteiger partial charge is 0.309 e. The van der Waals surface area contributed by atoms with E-state index < -0.39 is 0 Å². The van der Waals surface area contributed by atoms with E-state index in [9.17, 15) is 4.79 Å². The van der Waals surface area contributed by atoms with Crippen LogP contribution in [0.1, 0.15) is 60.9 Å². The summed E-state index contributed by atoms with van der Waals surface area (Å²) in [6.45, 7) is 8.46. The van der Waals surface area contributed by atoms with Crippen LogP contribution in [0.4, 0.5) is 5.13 Å². The highest BCUT2D eigenvalue weighted by Gasteiger charge is 2.15. The quantitative estimate of drug-likeness (QED) is 0.270. The standard InChI is InChI=1S/C24H33N5OS2/c1-6-7-8-9-10-11-20-27-28-24(29(20)5)31-15-21(30)25-23-26-22(18(4)32-23)19-13-12-16(2)17(3)14-19/h12-14H,6-11,15H2,1-5H3,(H,25,26,30). The molecule has 0 saturated heterocycles. The molecule has 8 heteroatoms.